The molecule has 1 aliphatic rings. The molecule has 17 heavy (non-hydrogen) atoms. The minimum atomic E-state index is 0.0984. The fourth-order valence-corrected chi connectivity index (χ4v) is 1.85. The number of amides is 1. The lowest BCUT2D eigenvalue weighted by molar-refractivity contribution is -0.119. The highest BCUT2D eigenvalue weighted by Crippen LogP contribution is 2.21. The number of carbonyl (C=O) groups is 1. The molecule has 4 nitrogen and oxygen atoms in total. The average Bonchev–Trinajstić information content (AvgIpc) is 2.74. The number of carbonyl (C=O) groups excluding carboxylic acids is 1. The fraction of sp³-hybridized carbons (Fsp3) is 0.333. The van der Waals surface area contributed by atoms with E-state index in [1.807, 2.05) is 12.2 Å². The van der Waals surface area contributed by atoms with Crippen LogP contribution in [0.5, 0.6) is 5.88 Å². The number of methoxy groups -OCH3 is 1. The number of rotatable bonds is 3. The second kappa shape index (κ2) is 5.19. The van der Waals surface area contributed by atoms with Crippen molar-refractivity contribution in [2.75, 3.05) is 7.11 Å². The maximum Gasteiger partial charge on any atom is 0.232 e. The van der Waals surface area contributed by atoms with Gasteiger partial charge in [0.2, 0.25) is 11.8 Å². The molecule has 5 heteroatoms. The van der Waals surface area contributed by atoms with Crippen LogP contribution in [0.15, 0.2) is 18.2 Å². The van der Waals surface area contributed by atoms with Gasteiger partial charge < -0.3 is 10.1 Å². The molecule has 1 aliphatic heterocycles. The van der Waals surface area contributed by atoms with Gasteiger partial charge in [0.05, 0.1) is 12.8 Å². The minimum absolute atomic E-state index is 0.0984. The van der Waals surface area contributed by atoms with Gasteiger partial charge in [-0.15, -0.1) is 0 Å². The number of nitrogens with one attached hydrogen (secondary N) is 1. The standard InChI is InChI=1S/C12H13ClN2O2/c1-17-12-10(13)6-4-9(15-12)3-2-8-5-7-11(16)14-8/h2-4,6,8H,5,7H2,1H3,(H,14,16)/b3-2+/t8-/m0/s1. The zero-order valence-electron chi connectivity index (χ0n) is 9.44. The second-order valence-electron chi connectivity index (χ2n) is 3.80. The Bertz CT molecular complexity index is 460. The first-order valence-corrected chi connectivity index (χ1v) is 5.75. The van der Waals surface area contributed by atoms with Gasteiger partial charge in [-0.1, -0.05) is 17.7 Å². The molecule has 0 bridgehead atoms. The van der Waals surface area contributed by atoms with Gasteiger partial charge in [-0.25, -0.2) is 4.98 Å². The number of hydrogen-bond acceptors (Lipinski definition) is 3. The van der Waals surface area contributed by atoms with Crippen LogP contribution in [0.25, 0.3) is 6.08 Å². The molecule has 0 unspecified atom stereocenters. The minimum Gasteiger partial charge on any atom is -0.480 e. The largest absolute Gasteiger partial charge is 0.480 e. The molecule has 1 aromatic heterocycles. The zero-order chi connectivity index (χ0) is 12.3. The molecule has 0 radical (unpaired) electrons. The third-order valence-electron chi connectivity index (χ3n) is 2.56. The zero-order valence-corrected chi connectivity index (χ0v) is 10.2. The molecule has 1 fully saturated rings. The van der Waals surface area contributed by atoms with Crippen LogP contribution in [0, 0.1) is 0 Å². The summed E-state index contributed by atoms with van der Waals surface area (Å²) in [5, 5.41) is 3.34. The topological polar surface area (TPSA) is 51.2 Å². The van der Waals surface area contributed by atoms with Crippen molar-refractivity contribution in [3.8, 4) is 5.88 Å². The Hall–Kier alpha value is -1.55. The highest BCUT2D eigenvalue weighted by molar-refractivity contribution is 6.31. The van der Waals surface area contributed by atoms with Crippen LogP contribution in [-0.4, -0.2) is 24.0 Å². The molecule has 2 heterocycles. The molecular formula is C12H13ClN2O2. The SMILES string of the molecule is COc1nc(/C=C/[C@H]2CCC(=O)N2)ccc1Cl. The predicted octanol–water partition coefficient (Wildman–Crippen LogP) is 2.04. The summed E-state index contributed by atoms with van der Waals surface area (Å²) in [4.78, 5) is 15.2. The van der Waals surface area contributed by atoms with Crippen molar-refractivity contribution in [3.05, 3.63) is 28.9 Å². The summed E-state index contributed by atoms with van der Waals surface area (Å²) < 4.78 is 5.03. The molecule has 1 saturated heterocycles. The van der Waals surface area contributed by atoms with Gasteiger partial charge in [-0.05, 0) is 24.6 Å². The van der Waals surface area contributed by atoms with E-state index < -0.39 is 0 Å². The molecule has 90 valence electrons. The molecule has 1 N–H and O–H groups in total. The lowest BCUT2D eigenvalue weighted by atomic mass is 10.2. The fourth-order valence-electron chi connectivity index (χ4n) is 1.67. The van der Waals surface area contributed by atoms with Crippen LogP contribution in [0.1, 0.15) is 18.5 Å². The van der Waals surface area contributed by atoms with Crippen molar-refractivity contribution in [3.63, 3.8) is 0 Å². The second-order valence-corrected chi connectivity index (χ2v) is 4.21. The molecule has 1 atom stereocenters. The highest BCUT2D eigenvalue weighted by Gasteiger charge is 2.17. The Balaban J connectivity index is 2.08. The van der Waals surface area contributed by atoms with Crippen LogP contribution < -0.4 is 10.1 Å². The average molecular weight is 253 g/mol. The van der Waals surface area contributed by atoms with Crippen molar-refractivity contribution >= 4 is 23.6 Å². The molecule has 0 saturated carbocycles. The van der Waals surface area contributed by atoms with Crippen LogP contribution in [0.2, 0.25) is 5.02 Å². The Morgan fingerprint density at radius 1 is 1.59 bits per heavy atom. The lowest BCUT2D eigenvalue weighted by Gasteiger charge is -2.04. The van der Waals surface area contributed by atoms with Crippen LogP contribution in [0.4, 0.5) is 0 Å². The number of hydrogen-bond donors (Lipinski definition) is 1. The van der Waals surface area contributed by atoms with Crippen molar-refractivity contribution in [2.45, 2.75) is 18.9 Å². The van der Waals surface area contributed by atoms with Gasteiger partial charge in [0.1, 0.15) is 5.02 Å². The third kappa shape index (κ3) is 2.97. The van der Waals surface area contributed by atoms with Crippen molar-refractivity contribution in [1.29, 1.82) is 0 Å². The number of halogens is 1. The van der Waals surface area contributed by atoms with Gasteiger partial charge >= 0.3 is 0 Å². The smallest absolute Gasteiger partial charge is 0.232 e. The summed E-state index contributed by atoms with van der Waals surface area (Å²) in [5.74, 6) is 0.505. The Labute approximate surface area is 105 Å². The molecule has 0 aromatic carbocycles. The lowest BCUT2D eigenvalue weighted by Crippen LogP contribution is -2.22. The molecule has 2 rings (SSSR count). The molecule has 1 aromatic rings. The van der Waals surface area contributed by atoms with E-state index in [4.69, 9.17) is 16.3 Å². The first-order chi connectivity index (χ1) is 8.19. The van der Waals surface area contributed by atoms with E-state index in [-0.39, 0.29) is 11.9 Å². The molecule has 0 spiro atoms. The van der Waals surface area contributed by atoms with Crippen molar-refractivity contribution in [2.24, 2.45) is 0 Å². The van der Waals surface area contributed by atoms with E-state index in [1.165, 1.54) is 7.11 Å². The maximum absolute atomic E-state index is 11.0. The number of pyridine rings is 1. The van der Waals surface area contributed by atoms with Crippen molar-refractivity contribution in [1.82, 2.24) is 10.3 Å². The van der Waals surface area contributed by atoms with Crippen LogP contribution in [0.3, 0.4) is 0 Å². The monoisotopic (exact) mass is 252 g/mol. The van der Waals surface area contributed by atoms with Gasteiger partial charge in [-0.2, -0.15) is 0 Å². The summed E-state index contributed by atoms with van der Waals surface area (Å²) in [6, 6.07) is 3.64. The van der Waals surface area contributed by atoms with E-state index in [1.54, 1.807) is 12.1 Å². The number of aromatic nitrogens is 1. The predicted molar refractivity (Wildman–Crippen MR) is 66.0 cm³/mol. The normalized spacial score (nSPS) is 19.6. The van der Waals surface area contributed by atoms with Gasteiger partial charge in [-0.3, -0.25) is 4.79 Å². The van der Waals surface area contributed by atoms with Gasteiger partial charge in [0.25, 0.3) is 0 Å². The Morgan fingerprint density at radius 2 is 2.41 bits per heavy atom. The molecular weight excluding hydrogens is 240 g/mol. The van der Waals surface area contributed by atoms with E-state index in [9.17, 15) is 4.79 Å². The molecule has 0 aliphatic carbocycles. The van der Waals surface area contributed by atoms with Gasteiger partial charge in [0.15, 0.2) is 0 Å². The van der Waals surface area contributed by atoms with E-state index in [0.717, 1.165) is 12.1 Å². The van der Waals surface area contributed by atoms with Crippen LogP contribution >= 0.6 is 11.6 Å². The Kier molecular flexibility index (Phi) is 3.64. The van der Waals surface area contributed by atoms with Gasteiger partial charge in [0, 0.05) is 12.5 Å². The first-order valence-electron chi connectivity index (χ1n) is 5.37. The third-order valence-corrected chi connectivity index (χ3v) is 2.84. The molecule has 1 amide bonds. The summed E-state index contributed by atoms with van der Waals surface area (Å²) >= 11 is 5.87. The van der Waals surface area contributed by atoms with Crippen molar-refractivity contribution < 1.29 is 9.53 Å². The Morgan fingerprint density at radius 3 is 3.06 bits per heavy atom. The summed E-state index contributed by atoms with van der Waals surface area (Å²) in [5.41, 5.74) is 0.757. The summed E-state index contributed by atoms with van der Waals surface area (Å²) in [6.45, 7) is 0. The summed E-state index contributed by atoms with van der Waals surface area (Å²) in [7, 11) is 1.53. The van der Waals surface area contributed by atoms with E-state index in [0.29, 0.717) is 17.3 Å². The summed E-state index contributed by atoms with van der Waals surface area (Å²) in [6.07, 6.45) is 5.21. The quantitative estimate of drug-likeness (QED) is 0.896. The van der Waals surface area contributed by atoms with E-state index in [2.05, 4.69) is 10.3 Å². The highest BCUT2D eigenvalue weighted by atomic mass is 35.5. The first kappa shape index (κ1) is 11.9. The van der Waals surface area contributed by atoms with Crippen LogP contribution in [-0.2, 0) is 4.79 Å². The number of nitrogens with zero attached hydrogens (tertiary/aromatic N) is 1. The maximum atomic E-state index is 11.0. The number of ether oxygens (including phenoxy) is 1. The van der Waals surface area contributed by atoms with E-state index >= 15 is 0 Å².